The molecule has 1 rings (SSSR count). The molecule has 0 aliphatic heterocycles. The van der Waals surface area contributed by atoms with E-state index in [1.165, 1.54) is 0 Å². The Labute approximate surface area is 109 Å². The molecule has 0 unspecified atom stereocenters. The topological polar surface area (TPSA) is 26.3 Å². The maximum absolute atomic E-state index is 10.5. The maximum atomic E-state index is 10.5. The molecule has 15 heavy (non-hydrogen) atoms. The zero-order valence-electron chi connectivity index (χ0n) is 9.34. The molecule has 0 aliphatic rings. The molecule has 0 radical (unpaired) electrons. The Morgan fingerprint density at radius 1 is 1.47 bits per heavy atom. The first kappa shape index (κ1) is 19.9. The largest absolute Gasteiger partial charge is 3.00 e. The Morgan fingerprint density at radius 2 is 2.13 bits per heavy atom. The van der Waals surface area contributed by atoms with Gasteiger partial charge in [-0.25, -0.2) is 0 Å². The van der Waals surface area contributed by atoms with Gasteiger partial charge < -0.3 is 24.4 Å². The molecule has 2 nitrogen and oxygen atoms in total. The second kappa shape index (κ2) is 11.5. The predicted molar refractivity (Wildman–Crippen MR) is 59.3 cm³/mol. The molecule has 0 fully saturated rings. The van der Waals surface area contributed by atoms with Gasteiger partial charge in [-0.05, 0) is 6.42 Å². The van der Waals surface area contributed by atoms with Gasteiger partial charge in [0.25, 0.3) is 0 Å². The van der Waals surface area contributed by atoms with Crippen LogP contribution in [0, 0.1) is 20.9 Å². The minimum atomic E-state index is 0. The fourth-order valence-electron chi connectivity index (χ4n) is 0.862. The summed E-state index contributed by atoms with van der Waals surface area (Å²) in [6, 6.07) is 7.93. The van der Waals surface area contributed by atoms with Gasteiger partial charge in [0.2, 0.25) is 0 Å². The number of hydrogen-bond acceptors (Lipinski definition) is 2. The summed E-state index contributed by atoms with van der Waals surface area (Å²) in [7, 11) is 0. The van der Waals surface area contributed by atoms with Crippen molar-refractivity contribution in [1.82, 2.24) is 0 Å². The summed E-state index contributed by atoms with van der Waals surface area (Å²) in [6.45, 7) is 2.66. The van der Waals surface area contributed by atoms with E-state index in [9.17, 15) is 4.79 Å². The molecule has 0 heterocycles. The first-order valence-corrected chi connectivity index (χ1v) is 3.96. The van der Waals surface area contributed by atoms with Crippen molar-refractivity contribution < 1.29 is 31.9 Å². The van der Waals surface area contributed by atoms with Gasteiger partial charge in [-0.2, -0.15) is 18.2 Å². The number of ether oxygens (including phenoxy) is 1. The second-order valence-electron chi connectivity index (χ2n) is 2.43. The van der Waals surface area contributed by atoms with Gasteiger partial charge >= 0.3 is 22.4 Å². The molecule has 88 valence electrons. The number of hydrogen-bond donors (Lipinski definition) is 0. The quantitative estimate of drug-likeness (QED) is 0.449. The first-order chi connectivity index (χ1) is 5.88. The summed E-state index contributed by atoms with van der Waals surface area (Å²) in [5.41, 5.74) is 0.585. The molecular weight excluding hydrogens is 373 g/mol. The molecule has 0 N–H and O–H groups in total. The van der Waals surface area contributed by atoms with Gasteiger partial charge in [-0.1, -0.05) is 12.5 Å². The van der Waals surface area contributed by atoms with Crippen LogP contribution >= 0.6 is 0 Å². The smallest absolute Gasteiger partial charge is 0.550 e. The van der Waals surface area contributed by atoms with Gasteiger partial charge in [-0.3, -0.25) is 0 Å². The van der Waals surface area contributed by atoms with Crippen LogP contribution < -0.4 is 4.74 Å². The van der Waals surface area contributed by atoms with Gasteiger partial charge in [0.05, 0.1) is 6.61 Å². The van der Waals surface area contributed by atoms with Gasteiger partial charge in [0.1, 0.15) is 6.29 Å². The summed E-state index contributed by atoms with van der Waals surface area (Å²) in [6.07, 6.45) is 1.73. The molecule has 0 bridgehead atoms. The van der Waals surface area contributed by atoms with Crippen molar-refractivity contribution in [3.05, 3.63) is 44.7 Å². The summed E-state index contributed by atoms with van der Waals surface area (Å²) in [5, 5.41) is 0. The van der Waals surface area contributed by atoms with Crippen LogP contribution in [0.4, 0.5) is 0 Å². The van der Waals surface area contributed by atoms with E-state index >= 15 is 0 Å². The van der Waals surface area contributed by atoms with Crippen molar-refractivity contribution in [2.75, 3.05) is 6.61 Å². The van der Waals surface area contributed by atoms with Crippen LogP contribution in [0.25, 0.3) is 0 Å². The van der Waals surface area contributed by atoms with Crippen molar-refractivity contribution >= 4 is 6.29 Å². The number of aldehydes is 1. The Bertz CT molecular complexity index is 262. The monoisotopic (exact) mass is 390 g/mol. The molecule has 0 saturated carbocycles. The maximum Gasteiger partial charge on any atom is 3.00 e. The molecule has 1 aromatic rings. The van der Waals surface area contributed by atoms with Crippen molar-refractivity contribution in [1.29, 1.82) is 0 Å². The van der Waals surface area contributed by atoms with Gasteiger partial charge in [0.15, 0.2) is 0 Å². The molecule has 1 aromatic carbocycles. The third-order valence-corrected chi connectivity index (χ3v) is 1.45. The van der Waals surface area contributed by atoms with E-state index in [1.54, 1.807) is 18.2 Å². The average Bonchev–Trinajstić information content (AvgIpc) is 2.15. The van der Waals surface area contributed by atoms with Crippen LogP contribution in [0.5, 0.6) is 5.75 Å². The van der Waals surface area contributed by atoms with Crippen molar-refractivity contribution in [2.45, 2.75) is 13.3 Å². The van der Waals surface area contributed by atoms with Crippen LogP contribution in [0.1, 0.15) is 23.7 Å². The Morgan fingerprint density at radius 3 is 2.67 bits per heavy atom. The van der Waals surface area contributed by atoms with E-state index < -0.39 is 0 Å². The summed E-state index contributed by atoms with van der Waals surface area (Å²) in [4.78, 5) is 10.5. The molecule has 0 amide bonds. The minimum absolute atomic E-state index is 0. The molecule has 0 aromatic heterocycles. The molecule has 0 saturated heterocycles. The Kier molecular flexibility index (Phi) is 15.3. The Hall–Kier alpha value is -0.570. The SMILES string of the molecule is CCCOc1c[c-]ccc1C=O.[Au+3].[CH3-].[CH3-]. The van der Waals surface area contributed by atoms with Crippen LogP contribution in [-0.2, 0) is 22.4 Å². The zero-order valence-corrected chi connectivity index (χ0v) is 11.5. The van der Waals surface area contributed by atoms with Crippen molar-refractivity contribution in [3.8, 4) is 5.75 Å². The number of carbonyl (C=O) groups excluding carboxylic acids is 1. The van der Waals surface area contributed by atoms with Crippen LogP contribution in [0.3, 0.4) is 0 Å². The van der Waals surface area contributed by atoms with Gasteiger partial charge in [0, 0.05) is 5.75 Å². The predicted octanol–water partition coefficient (Wildman–Crippen LogP) is 2.99. The fraction of sp³-hybridized carbons (Fsp3) is 0.250. The van der Waals surface area contributed by atoms with Crippen LogP contribution in [-0.4, -0.2) is 12.9 Å². The molecule has 0 atom stereocenters. The van der Waals surface area contributed by atoms with Gasteiger partial charge in [-0.15, -0.1) is 6.07 Å². The standard InChI is InChI=1S/C10H11O2.2CH3.Au/c1-2-7-12-10-6-4-3-5-9(10)8-11;;;/h3,5-6,8H,2,7H2,1H3;2*1H3;/q3*-1;+3. The van der Waals surface area contributed by atoms with E-state index in [2.05, 4.69) is 6.07 Å². The number of benzene rings is 1. The van der Waals surface area contributed by atoms with Crippen LogP contribution in [0.15, 0.2) is 18.2 Å². The molecular formula is C12H17AuO2. The Balaban J connectivity index is -0.000000480. The normalized spacial score (nSPS) is 7.53. The third kappa shape index (κ3) is 6.50. The van der Waals surface area contributed by atoms with E-state index in [-0.39, 0.29) is 37.2 Å². The van der Waals surface area contributed by atoms with Crippen LogP contribution in [0.2, 0.25) is 0 Å². The second-order valence-corrected chi connectivity index (χ2v) is 2.43. The van der Waals surface area contributed by atoms with Crippen molar-refractivity contribution in [3.63, 3.8) is 0 Å². The fourth-order valence-corrected chi connectivity index (χ4v) is 0.862. The zero-order chi connectivity index (χ0) is 8.81. The minimum Gasteiger partial charge on any atom is -0.550 e. The summed E-state index contributed by atoms with van der Waals surface area (Å²) >= 11 is 0. The summed E-state index contributed by atoms with van der Waals surface area (Å²) < 4.78 is 5.31. The van der Waals surface area contributed by atoms with Crippen molar-refractivity contribution in [2.24, 2.45) is 0 Å². The van der Waals surface area contributed by atoms with E-state index in [0.29, 0.717) is 17.9 Å². The van der Waals surface area contributed by atoms with E-state index in [1.807, 2.05) is 6.92 Å². The number of rotatable bonds is 4. The third-order valence-electron chi connectivity index (χ3n) is 1.45. The molecule has 3 heteroatoms. The average molecular weight is 390 g/mol. The first-order valence-electron chi connectivity index (χ1n) is 3.96. The molecule has 0 aliphatic carbocycles. The van der Waals surface area contributed by atoms with E-state index in [4.69, 9.17) is 4.74 Å². The summed E-state index contributed by atoms with van der Waals surface area (Å²) in [5.74, 6) is 0.620. The van der Waals surface area contributed by atoms with E-state index in [0.717, 1.165) is 12.7 Å². The molecule has 0 spiro atoms. The number of carbonyl (C=O) groups is 1.